The van der Waals surface area contributed by atoms with Gasteiger partial charge in [-0.3, -0.25) is 4.79 Å². The van der Waals surface area contributed by atoms with Gasteiger partial charge in [0.25, 0.3) is 0 Å². The molecule has 118 valence electrons. The summed E-state index contributed by atoms with van der Waals surface area (Å²) < 4.78 is 7.12. The fraction of sp³-hybridized carbons (Fsp3) is 0.222. The van der Waals surface area contributed by atoms with Gasteiger partial charge in [-0.2, -0.15) is 0 Å². The molecule has 23 heavy (non-hydrogen) atoms. The lowest BCUT2D eigenvalue weighted by Crippen LogP contribution is -2.18. The van der Waals surface area contributed by atoms with Gasteiger partial charge in [-0.15, -0.1) is 0 Å². The van der Waals surface area contributed by atoms with Gasteiger partial charge in [-0.25, -0.2) is 4.98 Å². The van der Waals surface area contributed by atoms with Gasteiger partial charge in [0, 0.05) is 5.56 Å². The van der Waals surface area contributed by atoms with Crippen molar-refractivity contribution in [2.45, 2.75) is 26.5 Å². The average molecular weight is 329 g/mol. The van der Waals surface area contributed by atoms with Crippen molar-refractivity contribution >= 4 is 28.6 Å². The molecule has 0 atom stereocenters. The van der Waals surface area contributed by atoms with E-state index in [1.54, 1.807) is 0 Å². The van der Waals surface area contributed by atoms with E-state index in [1.807, 2.05) is 66.9 Å². The number of nitrogens with zero attached hydrogens (tertiary/aromatic N) is 2. The normalized spacial score (nSPS) is 11.1. The van der Waals surface area contributed by atoms with E-state index in [0.717, 1.165) is 16.6 Å². The second kappa shape index (κ2) is 6.42. The van der Waals surface area contributed by atoms with E-state index in [1.165, 1.54) is 0 Å². The largest absolute Gasteiger partial charge is 0.462 e. The second-order valence-corrected chi connectivity index (χ2v) is 5.94. The number of ether oxygens (including phenoxy) is 1. The minimum atomic E-state index is -0.295. The molecule has 2 aromatic carbocycles. The van der Waals surface area contributed by atoms with E-state index in [9.17, 15) is 4.79 Å². The Morgan fingerprint density at radius 2 is 1.87 bits per heavy atom. The minimum absolute atomic E-state index is 0.0965. The van der Waals surface area contributed by atoms with Gasteiger partial charge in [0.05, 0.1) is 22.2 Å². The molecule has 1 aromatic heterocycles. The van der Waals surface area contributed by atoms with Crippen molar-refractivity contribution in [3.8, 4) is 11.4 Å². The van der Waals surface area contributed by atoms with E-state index in [-0.39, 0.29) is 18.6 Å². The summed E-state index contributed by atoms with van der Waals surface area (Å²) in [5.41, 5.74) is 2.49. The smallest absolute Gasteiger partial charge is 0.326 e. The Labute approximate surface area is 139 Å². The highest BCUT2D eigenvalue weighted by atomic mass is 35.5. The highest BCUT2D eigenvalue weighted by molar-refractivity contribution is 6.33. The lowest BCUT2D eigenvalue weighted by Gasteiger charge is -2.12. The van der Waals surface area contributed by atoms with Crippen LogP contribution in [-0.4, -0.2) is 21.6 Å². The van der Waals surface area contributed by atoms with Crippen molar-refractivity contribution in [2.24, 2.45) is 0 Å². The van der Waals surface area contributed by atoms with Crippen molar-refractivity contribution in [3.63, 3.8) is 0 Å². The van der Waals surface area contributed by atoms with Crippen molar-refractivity contribution < 1.29 is 9.53 Å². The number of rotatable bonds is 4. The number of benzene rings is 2. The Kier molecular flexibility index (Phi) is 4.35. The summed E-state index contributed by atoms with van der Waals surface area (Å²) in [6.45, 7) is 3.76. The molecule has 0 amide bonds. The maximum atomic E-state index is 12.1. The first kappa shape index (κ1) is 15.6. The quantitative estimate of drug-likeness (QED) is 0.670. The number of aromatic nitrogens is 2. The van der Waals surface area contributed by atoms with E-state index < -0.39 is 0 Å². The Balaban J connectivity index is 2.12. The summed E-state index contributed by atoms with van der Waals surface area (Å²) in [7, 11) is 0. The maximum Gasteiger partial charge on any atom is 0.326 e. The predicted octanol–water partition coefficient (Wildman–Crippen LogP) is 4.31. The van der Waals surface area contributed by atoms with Crippen LogP contribution in [0, 0.1) is 0 Å². The standard InChI is InChI=1S/C18H17ClN2O2/c1-12(2)23-17(22)11-21-16-10-6-5-9-15(16)20-18(21)13-7-3-4-8-14(13)19/h3-10,12H,11H2,1-2H3. The first-order chi connectivity index (χ1) is 11.1. The lowest BCUT2D eigenvalue weighted by atomic mass is 10.2. The van der Waals surface area contributed by atoms with Crippen molar-refractivity contribution in [1.29, 1.82) is 0 Å². The lowest BCUT2D eigenvalue weighted by molar-refractivity contribution is -0.147. The summed E-state index contributed by atoms with van der Waals surface area (Å²) in [5, 5.41) is 0.598. The van der Waals surface area contributed by atoms with Crippen LogP contribution in [0.5, 0.6) is 0 Å². The van der Waals surface area contributed by atoms with Crippen LogP contribution in [0.3, 0.4) is 0 Å². The SMILES string of the molecule is CC(C)OC(=O)Cn1c(-c2ccccc2Cl)nc2ccccc21. The molecular weight excluding hydrogens is 312 g/mol. The molecule has 0 spiro atoms. The molecule has 0 unspecified atom stereocenters. The van der Waals surface area contributed by atoms with E-state index in [2.05, 4.69) is 4.98 Å². The van der Waals surface area contributed by atoms with Gasteiger partial charge >= 0.3 is 5.97 Å². The number of carbonyl (C=O) groups is 1. The molecule has 5 heteroatoms. The molecule has 0 bridgehead atoms. The summed E-state index contributed by atoms with van der Waals surface area (Å²) in [6.07, 6.45) is -0.152. The zero-order chi connectivity index (χ0) is 16.4. The molecule has 0 aliphatic rings. The van der Waals surface area contributed by atoms with Crippen LogP contribution in [0.1, 0.15) is 13.8 Å². The highest BCUT2D eigenvalue weighted by Crippen LogP contribution is 2.30. The molecule has 0 fully saturated rings. The first-order valence-corrected chi connectivity index (χ1v) is 7.83. The van der Waals surface area contributed by atoms with Crippen LogP contribution in [0.15, 0.2) is 48.5 Å². The second-order valence-electron chi connectivity index (χ2n) is 5.53. The van der Waals surface area contributed by atoms with Crippen LogP contribution < -0.4 is 0 Å². The number of imidazole rings is 1. The molecule has 3 aromatic rings. The van der Waals surface area contributed by atoms with E-state index in [4.69, 9.17) is 16.3 Å². The van der Waals surface area contributed by atoms with Gasteiger partial charge in [0.15, 0.2) is 0 Å². The van der Waals surface area contributed by atoms with Gasteiger partial charge in [0.2, 0.25) is 0 Å². The monoisotopic (exact) mass is 328 g/mol. The Bertz CT molecular complexity index is 855. The molecule has 0 aliphatic carbocycles. The summed E-state index contributed by atoms with van der Waals surface area (Å²) >= 11 is 6.31. The van der Waals surface area contributed by atoms with E-state index >= 15 is 0 Å². The molecule has 1 heterocycles. The molecule has 3 rings (SSSR count). The Hall–Kier alpha value is -2.33. The summed E-state index contributed by atoms with van der Waals surface area (Å²) in [4.78, 5) is 16.8. The number of para-hydroxylation sites is 2. The molecule has 0 radical (unpaired) electrons. The minimum Gasteiger partial charge on any atom is -0.462 e. The predicted molar refractivity (Wildman–Crippen MR) is 91.4 cm³/mol. The van der Waals surface area contributed by atoms with Crippen molar-refractivity contribution in [2.75, 3.05) is 0 Å². The van der Waals surface area contributed by atoms with Crippen LogP contribution in [0.4, 0.5) is 0 Å². The van der Waals surface area contributed by atoms with E-state index in [0.29, 0.717) is 10.8 Å². The van der Waals surface area contributed by atoms with Crippen LogP contribution >= 0.6 is 11.6 Å². The Morgan fingerprint density at radius 1 is 1.17 bits per heavy atom. The highest BCUT2D eigenvalue weighted by Gasteiger charge is 2.17. The van der Waals surface area contributed by atoms with Gasteiger partial charge in [0.1, 0.15) is 12.4 Å². The first-order valence-electron chi connectivity index (χ1n) is 7.46. The molecule has 0 N–H and O–H groups in total. The molecule has 4 nitrogen and oxygen atoms in total. The van der Waals surface area contributed by atoms with Crippen molar-refractivity contribution in [1.82, 2.24) is 9.55 Å². The third-order valence-electron chi connectivity index (χ3n) is 3.42. The Morgan fingerprint density at radius 3 is 2.61 bits per heavy atom. The fourth-order valence-electron chi connectivity index (χ4n) is 2.51. The van der Waals surface area contributed by atoms with Gasteiger partial charge in [-0.1, -0.05) is 35.9 Å². The number of hydrogen-bond donors (Lipinski definition) is 0. The molecule has 0 aliphatic heterocycles. The topological polar surface area (TPSA) is 44.1 Å². The van der Waals surface area contributed by atoms with Crippen LogP contribution in [-0.2, 0) is 16.1 Å². The number of fused-ring (bicyclic) bond motifs is 1. The number of halogens is 1. The van der Waals surface area contributed by atoms with Crippen molar-refractivity contribution in [3.05, 3.63) is 53.6 Å². The van der Waals surface area contributed by atoms with Crippen LogP contribution in [0.25, 0.3) is 22.4 Å². The average Bonchev–Trinajstić information content (AvgIpc) is 2.85. The van der Waals surface area contributed by atoms with Gasteiger partial charge < -0.3 is 9.30 Å². The third kappa shape index (κ3) is 3.22. The summed E-state index contributed by atoms with van der Waals surface area (Å²) in [6, 6.07) is 15.2. The third-order valence-corrected chi connectivity index (χ3v) is 3.75. The molecule has 0 saturated carbocycles. The summed E-state index contributed by atoms with van der Waals surface area (Å²) in [5.74, 6) is 0.369. The maximum absolute atomic E-state index is 12.1. The zero-order valence-electron chi connectivity index (χ0n) is 13.0. The molecule has 0 saturated heterocycles. The number of hydrogen-bond acceptors (Lipinski definition) is 3. The van der Waals surface area contributed by atoms with Crippen LogP contribution in [0.2, 0.25) is 5.02 Å². The molecular formula is C18H17ClN2O2. The fourth-order valence-corrected chi connectivity index (χ4v) is 2.73. The zero-order valence-corrected chi connectivity index (χ0v) is 13.7. The number of carbonyl (C=O) groups excluding carboxylic acids is 1. The number of esters is 1. The van der Waals surface area contributed by atoms with Gasteiger partial charge in [-0.05, 0) is 38.1 Å².